The van der Waals surface area contributed by atoms with Crippen molar-refractivity contribution in [1.82, 2.24) is 4.57 Å². The van der Waals surface area contributed by atoms with E-state index in [9.17, 15) is 9.59 Å². The SMILES string of the molecule is C=CCOc1ccc(/C=c2/sc3n(c2=O)[C@H](c2ccc(OCC)cc2)C(C(=O)OC(C)C)=C(C)N=3)cc1OCC. The summed E-state index contributed by atoms with van der Waals surface area (Å²) in [5.41, 5.74) is 2.12. The molecule has 0 fully saturated rings. The van der Waals surface area contributed by atoms with Crippen LogP contribution in [0.2, 0.25) is 0 Å². The van der Waals surface area contributed by atoms with Gasteiger partial charge < -0.3 is 18.9 Å². The molecule has 0 unspecified atom stereocenters. The van der Waals surface area contributed by atoms with Gasteiger partial charge in [0, 0.05) is 0 Å². The van der Waals surface area contributed by atoms with Crippen molar-refractivity contribution in [2.75, 3.05) is 19.8 Å². The minimum Gasteiger partial charge on any atom is -0.494 e. The maximum absolute atomic E-state index is 13.9. The van der Waals surface area contributed by atoms with Gasteiger partial charge in [0.15, 0.2) is 16.3 Å². The summed E-state index contributed by atoms with van der Waals surface area (Å²) in [5.74, 6) is 1.38. The normalized spacial score (nSPS) is 14.9. The standard InChI is InChI=1S/C31H34N2O6S/c1-7-16-38-24-15-10-21(17-25(24)37-9-3)18-26-29(34)33-28(22-11-13-23(14-12-22)36-8-2)27(30(35)39-19(4)5)20(6)32-31(33)40-26/h7,10-15,17-19,28H,1,8-9,16H2,2-6H3/b26-18+/t28-/m1/s1. The number of benzene rings is 2. The number of hydrogen-bond donors (Lipinski definition) is 0. The zero-order valence-corrected chi connectivity index (χ0v) is 24.2. The first-order valence-corrected chi connectivity index (χ1v) is 14.1. The summed E-state index contributed by atoms with van der Waals surface area (Å²) in [6.45, 7) is 14.2. The maximum Gasteiger partial charge on any atom is 0.338 e. The van der Waals surface area contributed by atoms with Crippen LogP contribution in [0.15, 0.2) is 76.2 Å². The molecule has 0 bridgehead atoms. The smallest absolute Gasteiger partial charge is 0.338 e. The number of hydrogen-bond acceptors (Lipinski definition) is 8. The first kappa shape index (κ1) is 28.9. The molecular weight excluding hydrogens is 528 g/mol. The fourth-order valence-corrected chi connectivity index (χ4v) is 5.44. The molecule has 8 nitrogen and oxygen atoms in total. The Bertz CT molecular complexity index is 1600. The third kappa shape index (κ3) is 6.20. The minimum atomic E-state index is -0.700. The molecule has 1 aliphatic rings. The first-order chi connectivity index (χ1) is 19.3. The molecule has 2 aromatic carbocycles. The van der Waals surface area contributed by atoms with Gasteiger partial charge in [0.1, 0.15) is 12.4 Å². The van der Waals surface area contributed by atoms with E-state index in [1.165, 1.54) is 11.3 Å². The molecule has 3 aromatic rings. The first-order valence-electron chi connectivity index (χ1n) is 13.2. The lowest BCUT2D eigenvalue weighted by Crippen LogP contribution is -2.40. The van der Waals surface area contributed by atoms with Crippen LogP contribution in [0.3, 0.4) is 0 Å². The number of esters is 1. The highest BCUT2D eigenvalue weighted by Gasteiger charge is 2.33. The largest absolute Gasteiger partial charge is 0.494 e. The highest BCUT2D eigenvalue weighted by atomic mass is 32.1. The summed E-state index contributed by atoms with van der Waals surface area (Å²) < 4.78 is 24.7. The Labute approximate surface area is 237 Å². The highest BCUT2D eigenvalue weighted by Crippen LogP contribution is 2.32. The molecule has 0 saturated heterocycles. The molecular formula is C31H34N2O6S. The maximum atomic E-state index is 13.9. The van der Waals surface area contributed by atoms with Crippen molar-refractivity contribution >= 4 is 23.4 Å². The fraction of sp³-hybridized carbons (Fsp3) is 0.323. The van der Waals surface area contributed by atoms with Crippen LogP contribution in [0.5, 0.6) is 17.2 Å². The third-order valence-corrected chi connectivity index (χ3v) is 7.00. The number of carbonyl (C=O) groups excluding carboxylic acids is 1. The summed E-state index contributed by atoms with van der Waals surface area (Å²) in [6.07, 6.45) is 3.14. The number of allylic oxidation sites excluding steroid dienone is 1. The molecule has 1 atom stereocenters. The van der Waals surface area contributed by atoms with Gasteiger partial charge in [0.2, 0.25) is 0 Å². The molecule has 210 valence electrons. The zero-order valence-electron chi connectivity index (χ0n) is 23.4. The van der Waals surface area contributed by atoms with Gasteiger partial charge in [-0.3, -0.25) is 9.36 Å². The van der Waals surface area contributed by atoms with Crippen molar-refractivity contribution in [2.24, 2.45) is 4.99 Å². The van der Waals surface area contributed by atoms with E-state index in [0.29, 0.717) is 57.7 Å². The van der Waals surface area contributed by atoms with Crippen molar-refractivity contribution < 1.29 is 23.7 Å². The van der Waals surface area contributed by atoms with E-state index < -0.39 is 12.0 Å². The van der Waals surface area contributed by atoms with E-state index in [1.54, 1.807) is 37.5 Å². The van der Waals surface area contributed by atoms with E-state index in [4.69, 9.17) is 18.9 Å². The lowest BCUT2D eigenvalue weighted by atomic mass is 9.96. The Hall–Kier alpha value is -4.11. The topological polar surface area (TPSA) is 88.4 Å². The van der Waals surface area contributed by atoms with Gasteiger partial charge in [0.25, 0.3) is 5.56 Å². The molecule has 9 heteroatoms. The second kappa shape index (κ2) is 12.8. The molecule has 40 heavy (non-hydrogen) atoms. The molecule has 0 spiro atoms. The summed E-state index contributed by atoms with van der Waals surface area (Å²) in [7, 11) is 0. The lowest BCUT2D eigenvalue weighted by Gasteiger charge is -2.25. The summed E-state index contributed by atoms with van der Waals surface area (Å²) in [5, 5.41) is 0. The van der Waals surface area contributed by atoms with E-state index in [1.807, 2.05) is 56.3 Å². The Morgan fingerprint density at radius 3 is 2.45 bits per heavy atom. The van der Waals surface area contributed by atoms with Gasteiger partial charge in [-0.2, -0.15) is 0 Å². The van der Waals surface area contributed by atoms with Crippen LogP contribution < -0.4 is 29.1 Å². The summed E-state index contributed by atoms with van der Waals surface area (Å²) in [6, 6.07) is 12.2. The van der Waals surface area contributed by atoms with Crippen molar-refractivity contribution in [3.8, 4) is 17.2 Å². The number of aromatic nitrogens is 1. The van der Waals surface area contributed by atoms with Crippen LogP contribution in [0.4, 0.5) is 0 Å². The highest BCUT2D eigenvalue weighted by molar-refractivity contribution is 7.07. The average Bonchev–Trinajstić information content (AvgIpc) is 3.22. The average molecular weight is 563 g/mol. The van der Waals surface area contributed by atoms with Crippen LogP contribution >= 0.6 is 11.3 Å². The zero-order chi connectivity index (χ0) is 28.8. The quantitative estimate of drug-likeness (QED) is 0.252. The number of thiazole rings is 1. The molecule has 0 amide bonds. The molecule has 4 rings (SSSR count). The second-order valence-corrected chi connectivity index (χ2v) is 10.3. The van der Waals surface area contributed by atoms with Crippen molar-refractivity contribution in [2.45, 2.75) is 46.8 Å². The minimum absolute atomic E-state index is 0.255. The van der Waals surface area contributed by atoms with Gasteiger partial charge in [-0.25, -0.2) is 9.79 Å². The van der Waals surface area contributed by atoms with E-state index >= 15 is 0 Å². The van der Waals surface area contributed by atoms with Crippen LogP contribution in [0.25, 0.3) is 6.08 Å². The Kier molecular flexibility index (Phi) is 9.26. The molecule has 1 aromatic heterocycles. The molecule has 0 N–H and O–H groups in total. The van der Waals surface area contributed by atoms with Crippen molar-refractivity contribution in [3.05, 3.63) is 97.2 Å². The Balaban J connectivity index is 1.85. The van der Waals surface area contributed by atoms with Gasteiger partial charge in [0.05, 0.1) is 41.2 Å². The van der Waals surface area contributed by atoms with Gasteiger partial charge in [-0.15, -0.1) is 0 Å². The van der Waals surface area contributed by atoms with E-state index in [-0.39, 0.29) is 11.7 Å². The fourth-order valence-electron chi connectivity index (χ4n) is 4.39. The number of ether oxygens (including phenoxy) is 4. The van der Waals surface area contributed by atoms with E-state index in [0.717, 1.165) is 11.1 Å². The molecule has 0 radical (unpaired) electrons. The number of fused-ring (bicyclic) bond motifs is 1. The number of nitrogens with zero attached hydrogens (tertiary/aromatic N) is 2. The van der Waals surface area contributed by atoms with Crippen LogP contribution in [-0.2, 0) is 9.53 Å². The molecule has 1 aliphatic heterocycles. The molecule has 0 saturated carbocycles. The van der Waals surface area contributed by atoms with Gasteiger partial charge in [-0.05, 0) is 76.1 Å². The van der Waals surface area contributed by atoms with Crippen LogP contribution in [0.1, 0.15) is 51.8 Å². The second-order valence-electron chi connectivity index (χ2n) is 9.28. The van der Waals surface area contributed by atoms with Crippen LogP contribution in [-0.4, -0.2) is 36.5 Å². The molecule has 0 aliphatic carbocycles. The van der Waals surface area contributed by atoms with Gasteiger partial charge in [-0.1, -0.05) is 42.2 Å². The van der Waals surface area contributed by atoms with Crippen molar-refractivity contribution in [1.29, 1.82) is 0 Å². The predicted octanol–water partition coefficient (Wildman–Crippen LogP) is 4.55. The lowest BCUT2D eigenvalue weighted by molar-refractivity contribution is -0.143. The number of rotatable bonds is 11. The van der Waals surface area contributed by atoms with E-state index in [2.05, 4.69) is 11.6 Å². The van der Waals surface area contributed by atoms with Crippen LogP contribution in [0, 0.1) is 0 Å². The number of carbonyl (C=O) groups is 1. The molecule has 2 heterocycles. The summed E-state index contributed by atoms with van der Waals surface area (Å²) >= 11 is 1.27. The van der Waals surface area contributed by atoms with Crippen molar-refractivity contribution in [3.63, 3.8) is 0 Å². The van der Waals surface area contributed by atoms with Gasteiger partial charge >= 0.3 is 5.97 Å². The summed E-state index contributed by atoms with van der Waals surface area (Å²) in [4.78, 5) is 32.3. The Morgan fingerprint density at radius 2 is 1.80 bits per heavy atom. The Morgan fingerprint density at radius 1 is 1.07 bits per heavy atom. The predicted molar refractivity (Wildman–Crippen MR) is 156 cm³/mol. The monoisotopic (exact) mass is 562 g/mol. The third-order valence-electron chi connectivity index (χ3n) is 6.01.